The van der Waals surface area contributed by atoms with Crippen molar-refractivity contribution in [3.63, 3.8) is 0 Å². The Bertz CT molecular complexity index is 518. The first kappa shape index (κ1) is 38.3. The zero-order valence-electron chi connectivity index (χ0n) is 25.9. The van der Waals surface area contributed by atoms with Gasteiger partial charge in [-0.2, -0.15) is 0 Å². The molecule has 0 aliphatic heterocycles. The van der Waals surface area contributed by atoms with Crippen LogP contribution in [0.3, 0.4) is 0 Å². The standard InChI is InChI=1S/C33H67NO5/c1-3-5-7-9-11-12-13-14-15-16-17-18-19-21-23-25-27-31(37)33(39)34-29(28-35)32(38)30(36)26-24-22-20-10-8-6-4-2/h29-32,35-38H,3-28H2,1-2H3,(H,34,39). The smallest absolute Gasteiger partial charge is 0.249 e. The Morgan fingerprint density at radius 3 is 1.23 bits per heavy atom. The van der Waals surface area contributed by atoms with Gasteiger partial charge in [-0.1, -0.05) is 162 Å². The number of aliphatic hydroxyl groups excluding tert-OH is 4. The first-order chi connectivity index (χ1) is 19.0. The molecule has 5 N–H and O–H groups in total. The van der Waals surface area contributed by atoms with Crippen molar-refractivity contribution in [3.8, 4) is 0 Å². The maximum absolute atomic E-state index is 12.4. The summed E-state index contributed by atoms with van der Waals surface area (Å²) in [5.74, 6) is -0.586. The van der Waals surface area contributed by atoms with Crippen molar-refractivity contribution in [2.75, 3.05) is 6.61 Å². The quantitative estimate of drug-likeness (QED) is 0.0594. The van der Waals surface area contributed by atoms with Crippen molar-refractivity contribution in [2.24, 2.45) is 0 Å². The van der Waals surface area contributed by atoms with E-state index in [1.165, 1.54) is 109 Å². The van der Waals surface area contributed by atoms with E-state index in [2.05, 4.69) is 19.2 Å². The Labute approximate surface area is 241 Å². The molecule has 0 heterocycles. The van der Waals surface area contributed by atoms with Gasteiger partial charge in [-0.3, -0.25) is 4.79 Å². The topological polar surface area (TPSA) is 110 Å². The first-order valence-electron chi connectivity index (χ1n) is 16.9. The zero-order valence-corrected chi connectivity index (χ0v) is 25.9. The second-order valence-electron chi connectivity index (χ2n) is 11.9. The van der Waals surface area contributed by atoms with Crippen LogP contribution in [0, 0.1) is 0 Å². The average Bonchev–Trinajstić information content (AvgIpc) is 2.94. The number of hydrogen-bond acceptors (Lipinski definition) is 5. The van der Waals surface area contributed by atoms with Gasteiger partial charge < -0.3 is 25.7 Å². The van der Waals surface area contributed by atoms with Gasteiger partial charge in [0.1, 0.15) is 12.2 Å². The van der Waals surface area contributed by atoms with Crippen LogP contribution >= 0.6 is 0 Å². The molecule has 234 valence electrons. The summed E-state index contributed by atoms with van der Waals surface area (Å²) < 4.78 is 0. The van der Waals surface area contributed by atoms with E-state index in [-0.39, 0.29) is 0 Å². The molecule has 0 saturated carbocycles. The van der Waals surface area contributed by atoms with E-state index in [1.54, 1.807) is 0 Å². The van der Waals surface area contributed by atoms with Gasteiger partial charge >= 0.3 is 0 Å². The molecular weight excluding hydrogens is 490 g/mol. The fraction of sp³-hybridized carbons (Fsp3) is 0.970. The van der Waals surface area contributed by atoms with Crippen LogP contribution in [-0.2, 0) is 4.79 Å². The summed E-state index contributed by atoms with van der Waals surface area (Å²) >= 11 is 0. The molecule has 6 nitrogen and oxygen atoms in total. The number of amides is 1. The molecule has 6 heteroatoms. The highest BCUT2D eigenvalue weighted by atomic mass is 16.3. The molecule has 0 rings (SSSR count). The number of carbonyl (C=O) groups excluding carboxylic acids is 1. The van der Waals surface area contributed by atoms with Crippen LogP contribution < -0.4 is 5.32 Å². The molecule has 4 unspecified atom stereocenters. The van der Waals surface area contributed by atoms with E-state index in [4.69, 9.17) is 0 Å². The van der Waals surface area contributed by atoms with Gasteiger partial charge in [0.25, 0.3) is 0 Å². The average molecular weight is 558 g/mol. The van der Waals surface area contributed by atoms with E-state index in [1.807, 2.05) is 0 Å². The van der Waals surface area contributed by atoms with E-state index >= 15 is 0 Å². The monoisotopic (exact) mass is 558 g/mol. The number of rotatable bonds is 30. The lowest BCUT2D eigenvalue weighted by atomic mass is 9.99. The second kappa shape index (κ2) is 28.8. The fourth-order valence-electron chi connectivity index (χ4n) is 5.28. The highest BCUT2D eigenvalue weighted by Crippen LogP contribution is 2.15. The van der Waals surface area contributed by atoms with Crippen molar-refractivity contribution < 1.29 is 25.2 Å². The third-order valence-electron chi connectivity index (χ3n) is 8.07. The van der Waals surface area contributed by atoms with E-state index in [9.17, 15) is 25.2 Å². The van der Waals surface area contributed by atoms with E-state index in [0.29, 0.717) is 12.8 Å². The highest BCUT2D eigenvalue weighted by Gasteiger charge is 2.28. The summed E-state index contributed by atoms with van der Waals surface area (Å²) in [5, 5.41) is 43.1. The molecule has 1 amide bonds. The third-order valence-corrected chi connectivity index (χ3v) is 8.07. The lowest BCUT2D eigenvalue weighted by Gasteiger charge is -2.27. The normalized spacial score (nSPS) is 14.7. The van der Waals surface area contributed by atoms with Crippen LogP contribution in [0.5, 0.6) is 0 Å². The van der Waals surface area contributed by atoms with Crippen LogP contribution in [0.25, 0.3) is 0 Å². The Balaban J connectivity index is 3.76. The maximum atomic E-state index is 12.4. The van der Waals surface area contributed by atoms with Crippen molar-refractivity contribution in [1.29, 1.82) is 0 Å². The lowest BCUT2D eigenvalue weighted by Crippen LogP contribution is -2.53. The first-order valence-corrected chi connectivity index (χ1v) is 16.9. The molecule has 0 saturated heterocycles. The minimum absolute atomic E-state index is 0.374. The van der Waals surface area contributed by atoms with Crippen LogP contribution in [0.2, 0.25) is 0 Å². The predicted octanol–water partition coefficient (Wildman–Crippen LogP) is 7.34. The summed E-state index contributed by atoms with van der Waals surface area (Å²) in [6.45, 7) is 3.97. The predicted molar refractivity (Wildman–Crippen MR) is 164 cm³/mol. The SMILES string of the molecule is CCCCCCCCCCCCCCCCCCC(O)C(=O)NC(CO)C(O)C(O)CCCCCCCCC. The lowest BCUT2D eigenvalue weighted by molar-refractivity contribution is -0.132. The van der Waals surface area contributed by atoms with Crippen LogP contribution in [0.1, 0.15) is 174 Å². The second-order valence-corrected chi connectivity index (χ2v) is 11.9. The minimum atomic E-state index is -1.25. The summed E-state index contributed by atoms with van der Waals surface area (Å²) in [5.41, 5.74) is 0. The van der Waals surface area contributed by atoms with Gasteiger partial charge in [0.15, 0.2) is 0 Å². The number of hydrogen-bond donors (Lipinski definition) is 5. The molecular formula is C33H67NO5. The van der Waals surface area contributed by atoms with Crippen molar-refractivity contribution in [2.45, 2.75) is 199 Å². The summed E-state index contributed by atoms with van der Waals surface area (Å²) in [7, 11) is 0. The molecule has 0 spiro atoms. The molecule has 0 bridgehead atoms. The molecule has 0 radical (unpaired) electrons. The number of nitrogens with one attached hydrogen (secondary N) is 1. The fourth-order valence-corrected chi connectivity index (χ4v) is 5.28. The molecule has 39 heavy (non-hydrogen) atoms. The molecule has 0 aliphatic rings. The largest absolute Gasteiger partial charge is 0.394 e. The number of carbonyl (C=O) groups is 1. The summed E-state index contributed by atoms with van der Waals surface area (Å²) in [6, 6.07) is -0.975. The molecule has 0 aromatic carbocycles. The summed E-state index contributed by atoms with van der Waals surface area (Å²) in [6.07, 6.45) is 25.7. The third kappa shape index (κ3) is 23.7. The Hall–Kier alpha value is -0.690. The van der Waals surface area contributed by atoms with Gasteiger partial charge in [0, 0.05) is 0 Å². The Morgan fingerprint density at radius 1 is 0.538 bits per heavy atom. The Kier molecular flexibility index (Phi) is 28.3. The van der Waals surface area contributed by atoms with Crippen LogP contribution in [0.15, 0.2) is 0 Å². The zero-order chi connectivity index (χ0) is 29.0. The highest BCUT2D eigenvalue weighted by molar-refractivity contribution is 5.80. The van der Waals surface area contributed by atoms with E-state index in [0.717, 1.165) is 38.5 Å². The van der Waals surface area contributed by atoms with Crippen LogP contribution in [0.4, 0.5) is 0 Å². The molecule has 0 fully saturated rings. The molecule has 0 aromatic heterocycles. The Morgan fingerprint density at radius 2 is 0.872 bits per heavy atom. The van der Waals surface area contributed by atoms with Crippen molar-refractivity contribution in [1.82, 2.24) is 5.32 Å². The molecule has 0 aromatic rings. The van der Waals surface area contributed by atoms with Gasteiger partial charge in [-0.15, -0.1) is 0 Å². The van der Waals surface area contributed by atoms with Gasteiger partial charge in [-0.05, 0) is 12.8 Å². The van der Waals surface area contributed by atoms with Gasteiger partial charge in [0.2, 0.25) is 5.91 Å². The maximum Gasteiger partial charge on any atom is 0.249 e. The minimum Gasteiger partial charge on any atom is -0.394 e. The van der Waals surface area contributed by atoms with Crippen LogP contribution in [-0.4, -0.2) is 57.3 Å². The van der Waals surface area contributed by atoms with Gasteiger partial charge in [0.05, 0.1) is 18.8 Å². The van der Waals surface area contributed by atoms with Crippen molar-refractivity contribution >= 4 is 5.91 Å². The number of unbranched alkanes of at least 4 members (excludes halogenated alkanes) is 21. The number of aliphatic hydroxyl groups is 4. The van der Waals surface area contributed by atoms with Crippen molar-refractivity contribution in [3.05, 3.63) is 0 Å². The van der Waals surface area contributed by atoms with E-state index < -0.39 is 36.9 Å². The van der Waals surface area contributed by atoms with Gasteiger partial charge in [-0.25, -0.2) is 0 Å². The molecule has 0 aliphatic carbocycles. The summed E-state index contributed by atoms with van der Waals surface area (Å²) in [4.78, 5) is 12.4. The molecule has 4 atom stereocenters.